The molecule has 0 aliphatic carbocycles. The Kier molecular flexibility index (Phi) is 7.27. The molecule has 0 radical (unpaired) electrons. The smallest absolute Gasteiger partial charge is 0.266 e. The highest BCUT2D eigenvalue weighted by Gasteiger charge is 2.33. The fraction of sp³-hybridized carbons (Fsp3) is 0.238. The van der Waals surface area contributed by atoms with Crippen LogP contribution in [0.3, 0.4) is 0 Å². The van der Waals surface area contributed by atoms with Crippen LogP contribution in [0.15, 0.2) is 50.8 Å². The molecule has 1 N–H and O–H groups in total. The number of phenols is 1. The minimum Gasteiger partial charge on any atom is -0.506 e. The monoisotopic (exact) mass is 494 g/mol. The summed E-state index contributed by atoms with van der Waals surface area (Å²) in [6, 6.07) is 10.6. The Hall–Kier alpha value is -1.96. The average Bonchev–Trinajstić information content (AvgIpc) is 2.96. The van der Waals surface area contributed by atoms with Crippen LogP contribution in [0.25, 0.3) is 6.08 Å². The Balaban J connectivity index is 1.94. The first-order valence-electron chi connectivity index (χ1n) is 9.14. The maximum Gasteiger partial charge on any atom is 0.266 e. The number of carbonyl (C=O) groups excluding carboxylic acids is 1. The van der Waals surface area contributed by atoms with Crippen LogP contribution in [-0.2, 0) is 4.79 Å². The summed E-state index contributed by atoms with van der Waals surface area (Å²) in [5, 5.41) is 11.4. The second-order valence-electron chi connectivity index (χ2n) is 6.21. The van der Waals surface area contributed by atoms with Crippen LogP contribution in [-0.4, -0.2) is 34.2 Å². The number of carbonyl (C=O) groups is 1. The standard InChI is InChI=1S/C21H20BrClN2O3S/c1-3-9-25-20(27)18(11-13-10-14(23)12-17(22)19(13)26)29-21(25)24-15-5-7-16(8-6-15)28-4-2/h5-8,10-12,26H,3-4,9H2,1-2H3/b18-11-,24-21?. The number of ether oxygens (including phenoxy) is 1. The fourth-order valence-electron chi connectivity index (χ4n) is 2.74. The maximum absolute atomic E-state index is 12.9. The van der Waals surface area contributed by atoms with Gasteiger partial charge in [-0.15, -0.1) is 0 Å². The van der Waals surface area contributed by atoms with Gasteiger partial charge >= 0.3 is 0 Å². The molecule has 152 valence electrons. The molecule has 1 heterocycles. The lowest BCUT2D eigenvalue weighted by atomic mass is 10.2. The number of aliphatic imine (C=N–C) groups is 1. The van der Waals surface area contributed by atoms with Gasteiger partial charge in [-0.25, -0.2) is 4.99 Å². The molecule has 0 saturated carbocycles. The van der Waals surface area contributed by atoms with Gasteiger partial charge in [0.25, 0.3) is 5.91 Å². The van der Waals surface area contributed by atoms with E-state index >= 15 is 0 Å². The fourth-order valence-corrected chi connectivity index (χ4v) is 4.59. The number of amides is 1. The largest absolute Gasteiger partial charge is 0.506 e. The van der Waals surface area contributed by atoms with Crippen LogP contribution in [0.4, 0.5) is 5.69 Å². The van der Waals surface area contributed by atoms with Crippen molar-refractivity contribution in [3.63, 3.8) is 0 Å². The first-order valence-corrected chi connectivity index (χ1v) is 11.1. The second-order valence-corrected chi connectivity index (χ2v) is 8.51. The SMILES string of the molecule is CCCN1C(=O)/C(=C/c2cc(Cl)cc(Br)c2O)SC1=Nc1ccc(OCC)cc1. The summed E-state index contributed by atoms with van der Waals surface area (Å²) < 4.78 is 5.93. The van der Waals surface area contributed by atoms with Crippen molar-refractivity contribution in [2.24, 2.45) is 4.99 Å². The number of halogens is 2. The van der Waals surface area contributed by atoms with Gasteiger partial charge in [0.05, 0.1) is 21.7 Å². The Morgan fingerprint density at radius 2 is 2.00 bits per heavy atom. The predicted molar refractivity (Wildman–Crippen MR) is 123 cm³/mol. The van der Waals surface area contributed by atoms with Gasteiger partial charge in [-0.3, -0.25) is 9.69 Å². The minimum absolute atomic E-state index is 0.0363. The Labute approximate surface area is 187 Å². The topological polar surface area (TPSA) is 62.1 Å². The van der Waals surface area contributed by atoms with Gasteiger partial charge in [-0.05, 0) is 83.5 Å². The summed E-state index contributed by atoms with van der Waals surface area (Å²) in [6.45, 7) is 5.10. The van der Waals surface area contributed by atoms with Crippen LogP contribution in [0.2, 0.25) is 5.02 Å². The summed E-state index contributed by atoms with van der Waals surface area (Å²) in [7, 11) is 0. The van der Waals surface area contributed by atoms with Gasteiger partial charge in [0.1, 0.15) is 11.5 Å². The van der Waals surface area contributed by atoms with E-state index in [1.165, 1.54) is 11.8 Å². The maximum atomic E-state index is 12.9. The highest BCUT2D eigenvalue weighted by Crippen LogP contribution is 2.38. The number of phenolic OH excluding ortho intramolecular Hbond substituents is 1. The van der Waals surface area contributed by atoms with Gasteiger partial charge < -0.3 is 9.84 Å². The van der Waals surface area contributed by atoms with Crippen LogP contribution >= 0.6 is 39.3 Å². The van der Waals surface area contributed by atoms with E-state index < -0.39 is 0 Å². The molecule has 3 rings (SSSR count). The van der Waals surface area contributed by atoms with E-state index in [1.807, 2.05) is 38.1 Å². The Bertz CT molecular complexity index is 977. The molecular weight excluding hydrogens is 476 g/mol. The number of hydrogen-bond acceptors (Lipinski definition) is 5. The van der Waals surface area contributed by atoms with E-state index in [1.54, 1.807) is 23.1 Å². The van der Waals surface area contributed by atoms with Crippen molar-refractivity contribution in [1.29, 1.82) is 0 Å². The molecular formula is C21H20BrClN2O3S. The number of hydrogen-bond donors (Lipinski definition) is 1. The van der Waals surface area contributed by atoms with E-state index in [0.29, 0.717) is 38.3 Å². The van der Waals surface area contributed by atoms with Crippen LogP contribution < -0.4 is 4.74 Å². The molecule has 2 aromatic carbocycles. The van der Waals surface area contributed by atoms with Crippen molar-refractivity contribution in [1.82, 2.24) is 4.90 Å². The number of thioether (sulfide) groups is 1. The van der Waals surface area contributed by atoms with Crippen molar-refractivity contribution >= 4 is 62.1 Å². The minimum atomic E-state index is -0.142. The van der Waals surface area contributed by atoms with Gasteiger partial charge in [0, 0.05) is 17.1 Å². The summed E-state index contributed by atoms with van der Waals surface area (Å²) in [5.74, 6) is 0.672. The van der Waals surface area contributed by atoms with Crippen molar-refractivity contribution in [3.05, 3.63) is 56.4 Å². The highest BCUT2D eigenvalue weighted by atomic mass is 79.9. The highest BCUT2D eigenvalue weighted by molar-refractivity contribution is 9.10. The van der Waals surface area contributed by atoms with E-state index in [2.05, 4.69) is 20.9 Å². The van der Waals surface area contributed by atoms with E-state index in [9.17, 15) is 9.90 Å². The van der Waals surface area contributed by atoms with Crippen LogP contribution in [0.1, 0.15) is 25.8 Å². The number of amidine groups is 1. The van der Waals surface area contributed by atoms with Gasteiger partial charge in [0.15, 0.2) is 5.17 Å². The average molecular weight is 496 g/mol. The Morgan fingerprint density at radius 1 is 1.28 bits per heavy atom. The van der Waals surface area contributed by atoms with Gasteiger partial charge in [-0.1, -0.05) is 18.5 Å². The van der Waals surface area contributed by atoms with Crippen molar-refractivity contribution in [3.8, 4) is 11.5 Å². The third-order valence-corrected chi connectivity index (χ3v) is 5.88. The first-order chi connectivity index (χ1) is 13.9. The zero-order chi connectivity index (χ0) is 21.0. The second kappa shape index (κ2) is 9.69. The van der Waals surface area contributed by atoms with Crippen LogP contribution in [0, 0.1) is 0 Å². The number of nitrogens with zero attached hydrogens (tertiary/aromatic N) is 2. The molecule has 0 spiro atoms. The molecule has 1 aliphatic heterocycles. The summed E-state index contributed by atoms with van der Waals surface area (Å²) in [4.78, 5) is 19.7. The van der Waals surface area contributed by atoms with Crippen molar-refractivity contribution < 1.29 is 14.6 Å². The molecule has 1 fully saturated rings. The summed E-state index contributed by atoms with van der Waals surface area (Å²) >= 11 is 10.6. The van der Waals surface area contributed by atoms with Crippen molar-refractivity contribution in [2.45, 2.75) is 20.3 Å². The summed E-state index contributed by atoms with van der Waals surface area (Å²) in [6.07, 6.45) is 2.44. The Morgan fingerprint density at radius 3 is 2.66 bits per heavy atom. The molecule has 29 heavy (non-hydrogen) atoms. The molecule has 1 amide bonds. The third-order valence-electron chi connectivity index (χ3n) is 4.05. The van der Waals surface area contributed by atoms with Crippen molar-refractivity contribution in [2.75, 3.05) is 13.2 Å². The molecule has 0 atom stereocenters. The molecule has 1 saturated heterocycles. The van der Waals surface area contributed by atoms with Gasteiger partial charge in [-0.2, -0.15) is 0 Å². The number of rotatable bonds is 6. The van der Waals surface area contributed by atoms with E-state index in [4.69, 9.17) is 16.3 Å². The number of benzene rings is 2. The van der Waals surface area contributed by atoms with Gasteiger partial charge in [0.2, 0.25) is 0 Å². The molecule has 0 aromatic heterocycles. The molecule has 0 bridgehead atoms. The normalized spacial score (nSPS) is 16.8. The third kappa shape index (κ3) is 5.15. The quantitative estimate of drug-likeness (QED) is 0.483. The lowest BCUT2D eigenvalue weighted by Crippen LogP contribution is -2.29. The molecule has 2 aromatic rings. The molecule has 0 unspecified atom stereocenters. The van der Waals surface area contributed by atoms with Crippen LogP contribution in [0.5, 0.6) is 11.5 Å². The lowest BCUT2D eigenvalue weighted by Gasteiger charge is -2.14. The molecule has 8 heteroatoms. The number of aromatic hydroxyl groups is 1. The molecule has 1 aliphatic rings. The van der Waals surface area contributed by atoms with E-state index in [-0.39, 0.29) is 11.7 Å². The zero-order valence-electron chi connectivity index (χ0n) is 16.0. The lowest BCUT2D eigenvalue weighted by molar-refractivity contribution is -0.122. The summed E-state index contributed by atoms with van der Waals surface area (Å²) in [5.41, 5.74) is 1.21. The zero-order valence-corrected chi connectivity index (χ0v) is 19.1. The first kappa shape index (κ1) is 21.7. The molecule has 5 nitrogen and oxygen atoms in total. The predicted octanol–water partition coefficient (Wildman–Crippen LogP) is 6.22. The van der Waals surface area contributed by atoms with E-state index in [0.717, 1.165) is 17.9 Å².